The number of nitrogens with one attached hydrogen (secondary N) is 2. The van der Waals surface area contributed by atoms with E-state index in [-0.39, 0.29) is 24.9 Å². The van der Waals surface area contributed by atoms with Crippen molar-refractivity contribution < 1.29 is 14.3 Å². The summed E-state index contributed by atoms with van der Waals surface area (Å²) in [6, 6.07) is 7.94. The van der Waals surface area contributed by atoms with Crippen molar-refractivity contribution in [2.45, 2.75) is 6.54 Å². The van der Waals surface area contributed by atoms with Crippen LogP contribution in [-0.4, -0.2) is 74.1 Å². The van der Waals surface area contributed by atoms with Crippen LogP contribution in [0.3, 0.4) is 0 Å². The second-order valence-electron chi connectivity index (χ2n) is 6.19. The minimum Gasteiger partial charge on any atom is -0.379 e. The van der Waals surface area contributed by atoms with Gasteiger partial charge in [0.25, 0.3) is 0 Å². The Morgan fingerprint density at radius 3 is 2.58 bits per heavy atom. The van der Waals surface area contributed by atoms with Gasteiger partial charge in [-0.1, -0.05) is 12.1 Å². The van der Waals surface area contributed by atoms with Crippen LogP contribution in [0.1, 0.15) is 5.56 Å². The molecule has 7 nitrogen and oxygen atoms in total. The Morgan fingerprint density at radius 2 is 1.88 bits per heavy atom. The third-order valence-electron chi connectivity index (χ3n) is 4.23. The van der Waals surface area contributed by atoms with Crippen LogP contribution in [0.4, 0.5) is 5.69 Å². The smallest absolute Gasteiger partial charge is 0.238 e. The monoisotopic (exact) mass is 332 g/mol. The number of benzene rings is 1. The molecule has 24 heavy (non-hydrogen) atoms. The maximum atomic E-state index is 12.1. The van der Waals surface area contributed by atoms with Gasteiger partial charge in [-0.3, -0.25) is 19.4 Å². The van der Waals surface area contributed by atoms with E-state index >= 15 is 0 Å². The summed E-state index contributed by atoms with van der Waals surface area (Å²) in [7, 11) is 0. The van der Waals surface area contributed by atoms with Crippen LogP contribution in [0.5, 0.6) is 0 Å². The van der Waals surface area contributed by atoms with Crippen molar-refractivity contribution in [3.8, 4) is 0 Å². The SMILES string of the molecule is O=C1CN(CC(=O)Nc2ccc(CN3CCOCC3)cc2)CCN1. The zero-order valence-corrected chi connectivity index (χ0v) is 13.8. The highest BCUT2D eigenvalue weighted by Gasteiger charge is 2.18. The number of piperazine rings is 1. The molecule has 0 aromatic heterocycles. The maximum Gasteiger partial charge on any atom is 0.238 e. The molecule has 2 amide bonds. The molecule has 2 aliphatic heterocycles. The third kappa shape index (κ3) is 5.02. The van der Waals surface area contributed by atoms with E-state index in [1.165, 1.54) is 5.56 Å². The van der Waals surface area contributed by atoms with Gasteiger partial charge in [-0.2, -0.15) is 0 Å². The molecular weight excluding hydrogens is 308 g/mol. The molecule has 2 fully saturated rings. The second-order valence-corrected chi connectivity index (χ2v) is 6.19. The summed E-state index contributed by atoms with van der Waals surface area (Å²) >= 11 is 0. The number of hydrogen-bond acceptors (Lipinski definition) is 5. The van der Waals surface area contributed by atoms with Gasteiger partial charge >= 0.3 is 0 Å². The first-order valence-corrected chi connectivity index (χ1v) is 8.37. The predicted octanol–water partition coefficient (Wildman–Crippen LogP) is -0.111. The molecule has 2 N–H and O–H groups in total. The number of morpholine rings is 1. The van der Waals surface area contributed by atoms with Gasteiger partial charge in [0.15, 0.2) is 0 Å². The molecule has 0 bridgehead atoms. The molecular formula is C17H24N4O3. The van der Waals surface area contributed by atoms with Crippen LogP contribution in [0.2, 0.25) is 0 Å². The highest BCUT2D eigenvalue weighted by molar-refractivity contribution is 5.92. The van der Waals surface area contributed by atoms with Crippen LogP contribution < -0.4 is 10.6 Å². The standard InChI is InChI=1S/C17H24N4O3/c22-16-12-21(6-5-18-16)13-17(23)19-15-3-1-14(2-4-15)11-20-7-9-24-10-8-20/h1-4H,5-13H2,(H,18,22)(H,19,23). The van der Waals surface area contributed by atoms with Crippen LogP contribution in [0, 0.1) is 0 Å². The molecule has 3 rings (SSSR count). The Kier molecular flexibility index (Phi) is 5.79. The van der Waals surface area contributed by atoms with E-state index in [2.05, 4.69) is 15.5 Å². The van der Waals surface area contributed by atoms with Crippen LogP contribution >= 0.6 is 0 Å². The molecule has 7 heteroatoms. The highest BCUT2D eigenvalue weighted by atomic mass is 16.5. The number of nitrogens with zero attached hydrogens (tertiary/aromatic N) is 2. The first-order valence-electron chi connectivity index (χ1n) is 8.37. The molecule has 1 aromatic carbocycles. The van der Waals surface area contributed by atoms with E-state index in [1.54, 1.807) is 0 Å². The molecule has 0 unspecified atom stereocenters. The Balaban J connectivity index is 1.46. The zero-order chi connectivity index (χ0) is 16.8. The van der Waals surface area contributed by atoms with E-state index < -0.39 is 0 Å². The summed E-state index contributed by atoms with van der Waals surface area (Å²) in [6.45, 7) is 6.24. The summed E-state index contributed by atoms with van der Waals surface area (Å²) in [6.07, 6.45) is 0. The lowest BCUT2D eigenvalue weighted by molar-refractivity contribution is -0.125. The number of anilines is 1. The Labute approximate surface area is 141 Å². The highest BCUT2D eigenvalue weighted by Crippen LogP contribution is 2.12. The van der Waals surface area contributed by atoms with Crippen molar-refractivity contribution in [1.82, 2.24) is 15.1 Å². The molecule has 0 radical (unpaired) electrons. The molecule has 2 aliphatic rings. The lowest BCUT2D eigenvalue weighted by atomic mass is 10.2. The normalized spacial score (nSPS) is 19.8. The summed E-state index contributed by atoms with van der Waals surface area (Å²) in [5.74, 6) is -0.118. The lowest BCUT2D eigenvalue weighted by Crippen LogP contribution is -2.49. The van der Waals surface area contributed by atoms with Gasteiger partial charge in [-0.15, -0.1) is 0 Å². The summed E-state index contributed by atoms with van der Waals surface area (Å²) in [5, 5.41) is 5.64. The fraction of sp³-hybridized carbons (Fsp3) is 0.529. The lowest BCUT2D eigenvalue weighted by Gasteiger charge is -2.26. The molecule has 0 saturated carbocycles. The first kappa shape index (κ1) is 16.9. The number of hydrogen-bond donors (Lipinski definition) is 2. The van der Waals surface area contributed by atoms with Crippen molar-refractivity contribution in [2.24, 2.45) is 0 Å². The van der Waals surface area contributed by atoms with Crippen LogP contribution in [0.15, 0.2) is 24.3 Å². The molecule has 0 atom stereocenters. The Morgan fingerprint density at radius 1 is 1.12 bits per heavy atom. The fourth-order valence-electron chi connectivity index (χ4n) is 2.94. The summed E-state index contributed by atoms with van der Waals surface area (Å²) < 4.78 is 5.35. The number of amides is 2. The summed E-state index contributed by atoms with van der Waals surface area (Å²) in [4.78, 5) is 27.6. The number of carbonyl (C=O) groups excluding carboxylic acids is 2. The molecule has 2 saturated heterocycles. The van der Waals surface area contributed by atoms with E-state index in [1.807, 2.05) is 29.2 Å². The topological polar surface area (TPSA) is 73.9 Å². The van der Waals surface area contributed by atoms with Crippen molar-refractivity contribution in [3.63, 3.8) is 0 Å². The minimum absolute atomic E-state index is 0.0264. The van der Waals surface area contributed by atoms with Gasteiger partial charge in [0, 0.05) is 38.4 Å². The number of carbonyl (C=O) groups is 2. The van der Waals surface area contributed by atoms with Crippen molar-refractivity contribution >= 4 is 17.5 Å². The molecule has 2 heterocycles. The van der Waals surface area contributed by atoms with Gasteiger partial charge in [-0.05, 0) is 17.7 Å². The van der Waals surface area contributed by atoms with E-state index in [0.717, 1.165) is 38.5 Å². The second kappa shape index (κ2) is 8.23. The van der Waals surface area contributed by atoms with Crippen molar-refractivity contribution in [1.29, 1.82) is 0 Å². The van der Waals surface area contributed by atoms with Gasteiger partial charge < -0.3 is 15.4 Å². The zero-order valence-electron chi connectivity index (χ0n) is 13.8. The maximum absolute atomic E-state index is 12.1. The van der Waals surface area contributed by atoms with Gasteiger partial charge in [0.1, 0.15) is 0 Å². The van der Waals surface area contributed by atoms with Gasteiger partial charge in [0.2, 0.25) is 11.8 Å². The van der Waals surface area contributed by atoms with Gasteiger partial charge in [0.05, 0.1) is 26.3 Å². The van der Waals surface area contributed by atoms with Crippen LogP contribution in [-0.2, 0) is 20.9 Å². The minimum atomic E-state index is -0.0920. The average molecular weight is 332 g/mol. The van der Waals surface area contributed by atoms with E-state index in [9.17, 15) is 9.59 Å². The fourth-order valence-corrected chi connectivity index (χ4v) is 2.94. The number of ether oxygens (including phenoxy) is 1. The molecule has 0 aliphatic carbocycles. The third-order valence-corrected chi connectivity index (χ3v) is 4.23. The number of rotatable bonds is 5. The molecule has 1 aromatic rings. The largest absolute Gasteiger partial charge is 0.379 e. The predicted molar refractivity (Wildman–Crippen MR) is 90.6 cm³/mol. The summed E-state index contributed by atoms with van der Waals surface area (Å²) in [5.41, 5.74) is 2.01. The Hall–Kier alpha value is -1.96. The molecule has 0 spiro atoms. The quantitative estimate of drug-likeness (QED) is 0.787. The van der Waals surface area contributed by atoms with Gasteiger partial charge in [-0.25, -0.2) is 0 Å². The first-order chi connectivity index (χ1) is 11.7. The van der Waals surface area contributed by atoms with E-state index in [4.69, 9.17) is 4.74 Å². The Bertz CT molecular complexity index is 570. The van der Waals surface area contributed by atoms with E-state index in [0.29, 0.717) is 13.1 Å². The van der Waals surface area contributed by atoms with Crippen molar-refractivity contribution in [3.05, 3.63) is 29.8 Å². The van der Waals surface area contributed by atoms with Crippen molar-refractivity contribution in [2.75, 3.05) is 57.8 Å². The van der Waals surface area contributed by atoms with Crippen LogP contribution in [0.25, 0.3) is 0 Å². The average Bonchev–Trinajstić information content (AvgIpc) is 2.57. The molecule has 130 valence electrons.